The Kier molecular flexibility index (Phi) is 5.19. The highest BCUT2D eigenvalue weighted by Gasteiger charge is 2.39. The lowest BCUT2D eigenvalue weighted by atomic mass is 10.2. The van der Waals surface area contributed by atoms with Crippen LogP contribution in [0.4, 0.5) is 0 Å². The van der Waals surface area contributed by atoms with Crippen LogP contribution in [0.1, 0.15) is 11.3 Å². The minimum atomic E-state index is 0.0512. The molecule has 1 N–H and O–H groups in total. The first kappa shape index (κ1) is 15.2. The Bertz CT molecular complexity index is 586. The van der Waals surface area contributed by atoms with Crippen molar-refractivity contribution < 1.29 is 9.21 Å². The van der Waals surface area contributed by atoms with Gasteiger partial charge in [0.2, 0.25) is 5.91 Å². The molecule has 22 heavy (non-hydrogen) atoms. The summed E-state index contributed by atoms with van der Waals surface area (Å²) in [6.45, 7) is 2.42. The van der Waals surface area contributed by atoms with Crippen molar-refractivity contribution in [3.63, 3.8) is 0 Å². The lowest BCUT2D eigenvalue weighted by Gasteiger charge is -2.06. The van der Waals surface area contributed by atoms with E-state index < -0.39 is 0 Å². The molecular weight excluding hydrogens is 296 g/mol. The van der Waals surface area contributed by atoms with E-state index in [9.17, 15) is 4.79 Å². The van der Waals surface area contributed by atoms with Crippen molar-refractivity contribution in [2.75, 3.05) is 18.8 Å². The SMILES string of the molecule is O=C(NCCSCc1ccco1)C1CN1Cc1ccccc1. The van der Waals surface area contributed by atoms with Gasteiger partial charge in [-0.2, -0.15) is 11.8 Å². The van der Waals surface area contributed by atoms with E-state index in [1.165, 1.54) is 5.56 Å². The molecule has 2 heterocycles. The highest BCUT2D eigenvalue weighted by molar-refractivity contribution is 7.98. The van der Waals surface area contributed by atoms with Crippen LogP contribution in [-0.4, -0.2) is 35.7 Å². The smallest absolute Gasteiger partial charge is 0.238 e. The number of benzene rings is 1. The number of hydrogen-bond donors (Lipinski definition) is 1. The molecule has 0 saturated carbocycles. The first-order chi connectivity index (χ1) is 10.8. The molecule has 0 spiro atoms. The molecule has 1 fully saturated rings. The van der Waals surface area contributed by atoms with E-state index in [2.05, 4.69) is 22.3 Å². The highest BCUT2D eigenvalue weighted by atomic mass is 32.2. The fourth-order valence-electron chi connectivity index (χ4n) is 2.35. The summed E-state index contributed by atoms with van der Waals surface area (Å²) < 4.78 is 5.27. The zero-order chi connectivity index (χ0) is 15.2. The van der Waals surface area contributed by atoms with Crippen molar-refractivity contribution in [1.29, 1.82) is 0 Å². The first-order valence-electron chi connectivity index (χ1n) is 7.49. The standard InChI is InChI=1S/C17H20N2O2S/c20-17(18-8-10-22-13-15-7-4-9-21-15)16-12-19(16)11-14-5-2-1-3-6-14/h1-7,9,16H,8,10-13H2,(H,18,20). The molecule has 1 aromatic heterocycles. The lowest BCUT2D eigenvalue weighted by molar-refractivity contribution is -0.121. The molecule has 2 atom stereocenters. The molecular formula is C17H20N2O2S. The van der Waals surface area contributed by atoms with Crippen LogP contribution in [-0.2, 0) is 17.1 Å². The van der Waals surface area contributed by atoms with Crippen molar-refractivity contribution in [3.05, 3.63) is 60.1 Å². The third-order valence-electron chi connectivity index (χ3n) is 3.62. The Balaban J connectivity index is 1.29. The Morgan fingerprint density at radius 3 is 2.91 bits per heavy atom. The number of nitrogens with one attached hydrogen (secondary N) is 1. The van der Waals surface area contributed by atoms with Gasteiger partial charge in [0, 0.05) is 25.4 Å². The van der Waals surface area contributed by atoms with Gasteiger partial charge in [-0.25, -0.2) is 0 Å². The molecule has 5 heteroatoms. The fourth-order valence-corrected chi connectivity index (χ4v) is 3.10. The van der Waals surface area contributed by atoms with E-state index in [0.29, 0.717) is 6.54 Å². The molecule has 0 bridgehead atoms. The summed E-state index contributed by atoms with van der Waals surface area (Å²) in [5, 5.41) is 3.01. The second kappa shape index (κ2) is 7.51. The highest BCUT2D eigenvalue weighted by Crippen LogP contribution is 2.21. The van der Waals surface area contributed by atoms with Gasteiger partial charge < -0.3 is 9.73 Å². The van der Waals surface area contributed by atoms with Gasteiger partial charge in [-0.1, -0.05) is 30.3 Å². The molecule has 1 aliphatic rings. The summed E-state index contributed by atoms with van der Waals surface area (Å²) >= 11 is 1.77. The van der Waals surface area contributed by atoms with Crippen LogP contribution in [0, 0.1) is 0 Å². The minimum Gasteiger partial charge on any atom is -0.468 e. The monoisotopic (exact) mass is 316 g/mol. The maximum absolute atomic E-state index is 12.0. The number of nitrogens with zero attached hydrogens (tertiary/aromatic N) is 1. The van der Waals surface area contributed by atoms with Crippen LogP contribution >= 0.6 is 11.8 Å². The number of amides is 1. The van der Waals surface area contributed by atoms with Crippen LogP contribution in [0.15, 0.2) is 53.1 Å². The summed E-state index contributed by atoms with van der Waals surface area (Å²) in [5.41, 5.74) is 1.26. The molecule has 1 aliphatic heterocycles. The molecule has 1 saturated heterocycles. The van der Waals surface area contributed by atoms with E-state index >= 15 is 0 Å². The lowest BCUT2D eigenvalue weighted by Crippen LogP contribution is -2.31. The fraction of sp³-hybridized carbons (Fsp3) is 0.353. The van der Waals surface area contributed by atoms with Crippen molar-refractivity contribution in [3.8, 4) is 0 Å². The van der Waals surface area contributed by atoms with E-state index in [-0.39, 0.29) is 11.9 Å². The summed E-state index contributed by atoms with van der Waals surface area (Å²) in [7, 11) is 0. The molecule has 0 aliphatic carbocycles. The van der Waals surface area contributed by atoms with Crippen LogP contribution in [0.5, 0.6) is 0 Å². The third kappa shape index (κ3) is 4.39. The zero-order valence-corrected chi connectivity index (χ0v) is 13.2. The van der Waals surface area contributed by atoms with Crippen LogP contribution in [0.2, 0.25) is 0 Å². The number of rotatable bonds is 8. The molecule has 116 valence electrons. The van der Waals surface area contributed by atoms with Gasteiger partial charge in [-0.15, -0.1) is 0 Å². The predicted molar refractivity (Wildman–Crippen MR) is 88.5 cm³/mol. The second-order valence-electron chi connectivity index (χ2n) is 5.35. The average Bonchev–Trinajstić information content (AvgIpc) is 3.10. The van der Waals surface area contributed by atoms with Gasteiger partial charge in [-0.05, 0) is 17.7 Å². The zero-order valence-electron chi connectivity index (χ0n) is 12.4. The molecule has 0 radical (unpaired) electrons. The summed E-state index contributed by atoms with van der Waals surface area (Å²) in [4.78, 5) is 14.2. The van der Waals surface area contributed by atoms with Gasteiger partial charge in [0.05, 0.1) is 12.0 Å². The largest absolute Gasteiger partial charge is 0.468 e. The maximum atomic E-state index is 12.0. The molecule has 3 rings (SSSR count). The summed E-state index contributed by atoms with van der Waals surface area (Å²) in [5.74, 6) is 2.88. The number of carbonyl (C=O) groups is 1. The minimum absolute atomic E-state index is 0.0512. The second-order valence-corrected chi connectivity index (χ2v) is 6.46. The molecule has 1 aromatic carbocycles. The number of thioether (sulfide) groups is 1. The van der Waals surface area contributed by atoms with Gasteiger partial charge in [0.25, 0.3) is 0 Å². The Morgan fingerprint density at radius 1 is 1.27 bits per heavy atom. The summed E-state index contributed by atoms with van der Waals surface area (Å²) in [6.07, 6.45) is 1.69. The Hall–Kier alpha value is -1.72. The third-order valence-corrected chi connectivity index (χ3v) is 4.60. The van der Waals surface area contributed by atoms with E-state index in [4.69, 9.17) is 4.42 Å². The van der Waals surface area contributed by atoms with E-state index in [1.54, 1.807) is 18.0 Å². The number of furan rings is 1. The van der Waals surface area contributed by atoms with Crippen molar-refractivity contribution in [1.82, 2.24) is 10.2 Å². The van der Waals surface area contributed by atoms with Gasteiger partial charge in [-0.3, -0.25) is 9.69 Å². The molecule has 1 amide bonds. The van der Waals surface area contributed by atoms with Crippen molar-refractivity contribution in [2.24, 2.45) is 0 Å². The summed E-state index contributed by atoms with van der Waals surface area (Å²) in [6, 6.07) is 14.2. The average molecular weight is 316 g/mol. The number of carbonyl (C=O) groups excluding carboxylic acids is 1. The van der Waals surface area contributed by atoms with Crippen LogP contribution in [0.3, 0.4) is 0 Å². The Morgan fingerprint density at radius 2 is 2.14 bits per heavy atom. The van der Waals surface area contributed by atoms with Crippen LogP contribution < -0.4 is 5.32 Å². The molecule has 2 unspecified atom stereocenters. The van der Waals surface area contributed by atoms with Crippen molar-refractivity contribution in [2.45, 2.75) is 18.3 Å². The van der Waals surface area contributed by atoms with Gasteiger partial charge in [0.1, 0.15) is 11.8 Å². The Labute approximate surface area is 134 Å². The number of hydrogen-bond acceptors (Lipinski definition) is 4. The normalized spacial score (nSPS) is 19.8. The van der Waals surface area contributed by atoms with E-state index in [0.717, 1.165) is 30.4 Å². The predicted octanol–water partition coefficient (Wildman–Crippen LogP) is 2.51. The van der Waals surface area contributed by atoms with Crippen molar-refractivity contribution >= 4 is 17.7 Å². The van der Waals surface area contributed by atoms with Gasteiger partial charge >= 0.3 is 0 Å². The van der Waals surface area contributed by atoms with E-state index in [1.807, 2.05) is 30.3 Å². The molecule has 2 aromatic rings. The molecule has 4 nitrogen and oxygen atoms in total. The quantitative estimate of drug-likeness (QED) is 0.600. The van der Waals surface area contributed by atoms with Gasteiger partial charge in [0.15, 0.2) is 0 Å². The first-order valence-corrected chi connectivity index (χ1v) is 8.64. The maximum Gasteiger partial charge on any atom is 0.238 e. The topological polar surface area (TPSA) is 45.2 Å². The van der Waals surface area contributed by atoms with Crippen LogP contribution in [0.25, 0.3) is 0 Å².